The van der Waals surface area contributed by atoms with Crippen molar-refractivity contribution in [2.45, 2.75) is 6.42 Å². The highest BCUT2D eigenvalue weighted by Gasteiger charge is 1.88. The van der Waals surface area contributed by atoms with E-state index in [1.165, 1.54) is 0 Å². The molecule has 0 saturated heterocycles. The maximum absolute atomic E-state index is 10.1. The fourth-order valence-corrected chi connectivity index (χ4v) is 0.663. The fourth-order valence-electron chi connectivity index (χ4n) is 0.574. The van der Waals surface area contributed by atoms with Crippen LogP contribution in [0.2, 0.25) is 0 Å². The number of rotatable bonds is 5. The van der Waals surface area contributed by atoms with Gasteiger partial charge in [-0.25, -0.2) is 0 Å². The van der Waals surface area contributed by atoms with Gasteiger partial charge in [-0.2, -0.15) is 0 Å². The molecule has 0 aromatic heterocycles. The molecule has 2 nitrogen and oxygen atoms in total. The topological polar surface area (TPSA) is 43.1 Å². The van der Waals surface area contributed by atoms with E-state index in [0.717, 1.165) is 11.9 Å². The summed E-state index contributed by atoms with van der Waals surface area (Å²) >= 11 is 5.44. The van der Waals surface area contributed by atoms with Crippen molar-refractivity contribution in [3.05, 3.63) is 36.1 Å². The van der Waals surface area contributed by atoms with Crippen molar-refractivity contribution in [2.75, 3.05) is 5.88 Å². The molecule has 0 unspecified atom stereocenters. The average molecular weight is 186 g/mol. The highest BCUT2D eigenvalue weighted by molar-refractivity contribution is 6.19. The normalized spacial score (nSPS) is 12.8. The Bertz CT molecular complexity index is 219. The third-order valence-corrected chi connectivity index (χ3v) is 1.56. The highest BCUT2D eigenvalue weighted by Crippen LogP contribution is 2.01. The molecule has 2 N–H and O–H groups in total. The first-order valence-corrected chi connectivity index (χ1v) is 4.05. The summed E-state index contributed by atoms with van der Waals surface area (Å²) in [5.41, 5.74) is 6.84. The van der Waals surface area contributed by atoms with Gasteiger partial charge in [0.15, 0.2) is 0 Å². The Morgan fingerprint density at radius 1 is 1.50 bits per heavy atom. The van der Waals surface area contributed by atoms with E-state index in [-0.39, 0.29) is 0 Å². The summed E-state index contributed by atoms with van der Waals surface area (Å²) in [5.74, 6) is 0.294. The number of carbonyl (C=O) groups is 1. The van der Waals surface area contributed by atoms with Crippen LogP contribution < -0.4 is 5.73 Å². The van der Waals surface area contributed by atoms with Crippen molar-refractivity contribution in [1.82, 2.24) is 0 Å². The maximum Gasteiger partial charge on any atom is 0.124 e. The summed E-state index contributed by atoms with van der Waals surface area (Å²) in [5, 5.41) is 0. The predicted molar refractivity (Wildman–Crippen MR) is 52.0 cm³/mol. The molecule has 0 fully saturated rings. The molecule has 0 aromatic rings. The second-order valence-electron chi connectivity index (χ2n) is 2.19. The van der Waals surface area contributed by atoms with Gasteiger partial charge < -0.3 is 10.5 Å². The van der Waals surface area contributed by atoms with Crippen molar-refractivity contribution >= 4 is 17.9 Å². The van der Waals surface area contributed by atoms with Crippen LogP contribution in [0.3, 0.4) is 0 Å². The zero-order valence-electron chi connectivity index (χ0n) is 6.79. The van der Waals surface area contributed by atoms with E-state index in [2.05, 4.69) is 6.58 Å². The van der Waals surface area contributed by atoms with Gasteiger partial charge in [0.2, 0.25) is 0 Å². The van der Waals surface area contributed by atoms with Crippen molar-refractivity contribution in [3.8, 4) is 0 Å². The molecule has 0 radical (unpaired) electrons. The molecule has 0 aliphatic heterocycles. The lowest BCUT2D eigenvalue weighted by atomic mass is 10.2. The van der Waals surface area contributed by atoms with E-state index in [1.54, 1.807) is 18.2 Å². The number of hydrogen-bond donors (Lipinski definition) is 1. The Kier molecular flexibility index (Phi) is 6.11. The quantitative estimate of drug-likeness (QED) is 0.403. The molecule has 0 atom stereocenters. The van der Waals surface area contributed by atoms with Gasteiger partial charge in [0.1, 0.15) is 6.29 Å². The second-order valence-corrected chi connectivity index (χ2v) is 2.46. The van der Waals surface area contributed by atoms with Crippen LogP contribution in [0.15, 0.2) is 36.1 Å². The maximum atomic E-state index is 10.1. The Morgan fingerprint density at radius 2 is 2.17 bits per heavy atom. The highest BCUT2D eigenvalue weighted by atomic mass is 35.5. The summed E-state index contributed by atoms with van der Waals surface area (Å²) in [6, 6.07) is 0. The third kappa shape index (κ3) is 4.74. The van der Waals surface area contributed by atoms with Crippen LogP contribution in [0.4, 0.5) is 0 Å². The van der Waals surface area contributed by atoms with E-state index >= 15 is 0 Å². The average Bonchev–Trinajstić information content (AvgIpc) is 2.11. The molecule has 0 spiro atoms. The summed E-state index contributed by atoms with van der Waals surface area (Å²) in [7, 11) is 0. The number of aldehydes is 1. The van der Waals surface area contributed by atoms with Crippen LogP contribution >= 0.6 is 11.6 Å². The second kappa shape index (κ2) is 6.68. The molecule has 0 aliphatic rings. The first kappa shape index (κ1) is 11.0. The lowest BCUT2D eigenvalue weighted by Gasteiger charge is -1.93. The van der Waals surface area contributed by atoms with Crippen molar-refractivity contribution in [3.63, 3.8) is 0 Å². The molecule has 0 amide bonds. The van der Waals surface area contributed by atoms with Gasteiger partial charge in [-0.1, -0.05) is 18.7 Å². The fraction of sp³-hybridized carbons (Fsp3) is 0.222. The standard InChI is InChI=1S/C9H12ClNO/c1-2-8(5-6-12)3-4-9(11)7-10/h2-4,6H,1,5,7,11H2/b8-3+,9-4+. The number of carbonyl (C=O) groups excluding carboxylic acids is 1. The van der Waals surface area contributed by atoms with E-state index in [1.807, 2.05) is 0 Å². The summed E-state index contributed by atoms with van der Waals surface area (Å²) in [6.45, 7) is 3.55. The SMILES string of the molecule is C=C/C(=C\C=C(\N)CCl)CC=O. The number of allylic oxidation sites excluding steroid dienone is 5. The van der Waals surface area contributed by atoms with Crippen molar-refractivity contribution < 1.29 is 4.79 Å². The van der Waals surface area contributed by atoms with Crippen molar-refractivity contribution in [2.24, 2.45) is 5.73 Å². The van der Waals surface area contributed by atoms with E-state index < -0.39 is 0 Å². The summed E-state index contributed by atoms with van der Waals surface area (Å²) in [6.07, 6.45) is 6.20. The molecule has 0 heterocycles. The smallest absolute Gasteiger partial charge is 0.124 e. The Hall–Kier alpha value is -1.02. The number of alkyl halides is 1. The third-order valence-electron chi connectivity index (χ3n) is 1.25. The molecule has 0 rings (SSSR count). The molecular formula is C9H12ClNO. The molecule has 0 aliphatic carbocycles. The minimum atomic E-state index is 0.294. The van der Waals surface area contributed by atoms with Crippen LogP contribution in [0.5, 0.6) is 0 Å². The van der Waals surface area contributed by atoms with E-state index in [4.69, 9.17) is 17.3 Å². The minimum absolute atomic E-state index is 0.294. The molecule has 12 heavy (non-hydrogen) atoms. The number of halogens is 1. The zero-order chi connectivity index (χ0) is 9.40. The molecule has 3 heteroatoms. The van der Waals surface area contributed by atoms with Gasteiger partial charge in [0.05, 0.1) is 5.88 Å². The van der Waals surface area contributed by atoms with Crippen LogP contribution in [-0.2, 0) is 4.79 Å². The molecule has 0 bridgehead atoms. The van der Waals surface area contributed by atoms with Gasteiger partial charge in [-0.3, -0.25) is 0 Å². The molecule has 0 saturated carbocycles. The number of hydrogen-bond acceptors (Lipinski definition) is 2. The Balaban J connectivity index is 4.28. The van der Waals surface area contributed by atoms with Gasteiger partial charge in [0.25, 0.3) is 0 Å². The summed E-state index contributed by atoms with van der Waals surface area (Å²) in [4.78, 5) is 10.1. The first-order valence-electron chi connectivity index (χ1n) is 3.51. The first-order chi connectivity index (χ1) is 5.74. The van der Waals surface area contributed by atoms with Crippen LogP contribution in [0.25, 0.3) is 0 Å². The van der Waals surface area contributed by atoms with Crippen LogP contribution in [-0.4, -0.2) is 12.2 Å². The Labute approximate surface area is 77.4 Å². The zero-order valence-corrected chi connectivity index (χ0v) is 7.55. The van der Waals surface area contributed by atoms with Crippen LogP contribution in [0.1, 0.15) is 6.42 Å². The molecular weight excluding hydrogens is 174 g/mol. The predicted octanol–water partition coefficient (Wildman–Crippen LogP) is 1.77. The van der Waals surface area contributed by atoms with Crippen molar-refractivity contribution in [1.29, 1.82) is 0 Å². The Morgan fingerprint density at radius 3 is 2.58 bits per heavy atom. The van der Waals surface area contributed by atoms with E-state index in [0.29, 0.717) is 18.0 Å². The number of nitrogens with two attached hydrogens (primary N) is 1. The molecule has 0 aromatic carbocycles. The van der Waals surface area contributed by atoms with Gasteiger partial charge in [-0.15, -0.1) is 11.6 Å². The summed E-state index contributed by atoms with van der Waals surface area (Å²) < 4.78 is 0. The largest absolute Gasteiger partial charge is 0.401 e. The molecule has 66 valence electrons. The van der Waals surface area contributed by atoms with E-state index in [9.17, 15) is 4.79 Å². The lowest BCUT2D eigenvalue weighted by Crippen LogP contribution is -1.96. The monoisotopic (exact) mass is 185 g/mol. The minimum Gasteiger partial charge on any atom is -0.401 e. The van der Waals surface area contributed by atoms with Gasteiger partial charge in [-0.05, 0) is 11.6 Å². The van der Waals surface area contributed by atoms with Gasteiger partial charge >= 0.3 is 0 Å². The van der Waals surface area contributed by atoms with Crippen LogP contribution in [0, 0.1) is 0 Å². The lowest BCUT2D eigenvalue weighted by molar-refractivity contribution is -0.107. The van der Waals surface area contributed by atoms with Gasteiger partial charge in [0, 0.05) is 12.1 Å².